The van der Waals surface area contributed by atoms with Crippen LogP contribution < -0.4 is 10.6 Å². The predicted octanol–water partition coefficient (Wildman–Crippen LogP) is 5.33. The Morgan fingerprint density at radius 1 is 1.12 bits per heavy atom. The summed E-state index contributed by atoms with van der Waals surface area (Å²) < 4.78 is 14.8. The van der Waals surface area contributed by atoms with Crippen LogP contribution in [0.2, 0.25) is 10.0 Å². The number of carbonyl (C=O) groups excluding carboxylic acids is 1. The molecule has 1 aromatic heterocycles. The molecular weight excluding hydrogens is 378 g/mol. The van der Waals surface area contributed by atoms with E-state index in [1.807, 2.05) is 6.92 Å². The van der Waals surface area contributed by atoms with E-state index in [0.29, 0.717) is 28.1 Å². The molecule has 1 heterocycles. The first-order chi connectivity index (χ1) is 12.4. The summed E-state index contributed by atoms with van der Waals surface area (Å²) in [5.74, 6) is 0.00404. The number of aromatic nitrogens is 2. The zero-order chi connectivity index (χ0) is 18.7. The maximum atomic E-state index is 13.1. The Kier molecular flexibility index (Phi) is 5.44. The van der Waals surface area contributed by atoms with Crippen molar-refractivity contribution in [3.8, 4) is 0 Å². The molecule has 5 nitrogen and oxygen atoms in total. The third-order valence-corrected chi connectivity index (χ3v) is 4.26. The van der Waals surface area contributed by atoms with Crippen molar-refractivity contribution in [3.63, 3.8) is 0 Å². The molecule has 0 bridgehead atoms. The molecule has 0 unspecified atom stereocenters. The summed E-state index contributed by atoms with van der Waals surface area (Å²) in [5, 5.41) is 10.6. The van der Waals surface area contributed by atoms with Gasteiger partial charge in [-0.2, -0.15) is 5.10 Å². The van der Waals surface area contributed by atoms with E-state index in [1.54, 1.807) is 41.1 Å². The Bertz CT molecular complexity index is 941. The first-order valence-electron chi connectivity index (χ1n) is 7.72. The minimum Gasteiger partial charge on any atom is -0.308 e. The monoisotopic (exact) mass is 392 g/mol. The Labute approximate surface area is 159 Å². The molecule has 0 atom stereocenters. The lowest BCUT2D eigenvalue weighted by atomic mass is 10.2. The van der Waals surface area contributed by atoms with Gasteiger partial charge in [0.25, 0.3) is 0 Å². The number of hydrogen-bond donors (Lipinski definition) is 2. The highest BCUT2D eigenvalue weighted by Gasteiger charge is 2.10. The van der Waals surface area contributed by atoms with Crippen LogP contribution in [-0.4, -0.2) is 15.8 Å². The van der Waals surface area contributed by atoms with Crippen molar-refractivity contribution in [2.75, 3.05) is 10.6 Å². The lowest BCUT2D eigenvalue weighted by molar-refractivity contribution is 0.262. The molecule has 0 fully saturated rings. The first kappa shape index (κ1) is 18.2. The summed E-state index contributed by atoms with van der Waals surface area (Å²) in [6.45, 7) is 2.22. The number of hydrogen-bond acceptors (Lipinski definition) is 2. The van der Waals surface area contributed by atoms with Crippen molar-refractivity contribution >= 4 is 40.7 Å². The average Bonchev–Trinajstić information content (AvgIpc) is 2.91. The van der Waals surface area contributed by atoms with E-state index in [4.69, 9.17) is 23.2 Å². The van der Waals surface area contributed by atoms with E-state index in [1.165, 1.54) is 12.1 Å². The van der Waals surface area contributed by atoms with Crippen LogP contribution in [0.4, 0.5) is 20.7 Å². The van der Waals surface area contributed by atoms with Crippen LogP contribution in [0.1, 0.15) is 11.3 Å². The zero-order valence-electron chi connectivity index (χ0n) is 13.8. The molecule has 0 saturated carbocycles. The second-order valence-corrected chi connectivity index (χ2v) is 6.49. The first-order valence-corrected chi connectivity index (χ1v) is 8.48. The fourth-order valence-electron chi connectivity index (χ4n) is 2.35. The van der Waals surface area contributed by atoms with Gasteiger partial charge < -0.3 is 5.32 Å². The number of nitrogens with zero attached hydrogens (tertiary/aromatic N) is 2. The van der Waals surface area contributed by atoms with E-state index >= 15 is 0 Å². The summed E-state index contributed by atoms with van der Waals surface area (Å²) in [7, 11) is 0. The van der Waals surface area contributed by atoms with Crippen molar-refractivity contribution in [2.45, 2.75) is 13.5 Å². The van der Waals surface area contributed by atoms with Crippen LogP contribution in [0.15, 0.2) is 48.5 Å². The van der Waals surface area contributed by atoms with Crippen molar-refractivity contribution in [3.05, 3.63) is 75.7 Å². The standard InChI is InChI=1S/C18H15Cl2FN4O/c1-11-8-17(23-18(26)22-15-6-3-13(19)4-7-15)24-25(11)10-12-2-5-14(21)9-16(12)20/h2-9H,10H2,1H3,(H2,22,23,24,26). The quantitative estimate of drug-likeness (QED) is 0.630. The SMILES string of the molecule is Cc1cc(NC(=O)Nc2ccc(Cl)cc2)nn1Cc1ccc(F)cc1Cl. The Hall–Kier alpha value is -2.57. The largest absolute Gasteiger partial charge is 0.324 e. The van der Waals surface area contributed by atoms with E-state index in [9.17, 15) is 9.18 Å². The second-order valence-electron chi connectivity index (χ2n) is 5.65. The molecule has 2 amide bonds. The number of aryl methyl sites for hydroxylation is 1. The molecule has 0 saturated heterocycles. The van der Waals surface area contributed by atoms with Gasteiger partial charge in [0.2, 0.25) is 0 Å². The topological polar surface area (TPSA) is 59.0 Å². The molecule has 0 spiro atoms. The van der Waals surface area contributed by atoms with E-state index < -0.39 is 11.8 Å². The molecule has 0 radical (unpaired) electrons. The van der Waals surface area contributed by atoms with Gasteiger partial charge in [0.1, 0.15) is 5.82 Å². The van der Waals surface area contributed by atoms with Gasteiger partial charge in [-0.3, -0.25) is 10.00 Å². The molecule has 134 valence electrons. The molecule has 3 aromatic rings. The maximum absolute atomic E-state index is 13.1. The summed E-state index contributed by atoms with van der Waals surface area (Å²) >= 11 is 11.9. The van der Waals surface area contributed by atoms with Gasteiger partial charge in [-0.1, -0.05) is 29.3 Å². The van der Waals surface area contributed by atoms with Crippen molar-refractivity contribution in [1.82, 2.24) is 9.78 Å². The van der Waals surface area contributed by atoms with Gasteiger partial charge in [0.05, 0.1) is 6.54 Å². The van der Waals surface area contributed by atoms with E-state index in [-0.39, 0.29) is 0 Å². The number of halogens is 3. The van der Waals surface area contributed by atoms with Crippen molar-refractivity contribution in [2.24, 2.45) is 0 Å². The minimum absolute atomic E-state index is 0.329. The zero-order valence-corrected chi connectivity index (χ0v) is 15.3. The predicted molar refractivity (Wildman–Crippen MR) is 102 cm³/mol. The summed E-state index contributed by atoms with van der Waals surface area (Å²) in [6, 6.07) is 12.3. The average molecular weight is 393 g/mol. The third-order valence-electron chi connectivity index (χ3n) is 3.66. The Morgan fingerprint density at radius 2 is 1.85 bits per heavy atom. The van der Waals surface area contributed by atoms with E-state index in [0.717, 1.165) is 11.3 Å². The van der Waals surface area contributed by atoms with Crippen LogP contribution in [0.25, 0.3) is 0 Å². The molecule has 2 N–H and O–H groups in total. The third kappa shape index (κ3) is 4.53. The number of nitrogens with one attached hydrogen (secondary N) is 2. The van der Waals surface area contributed by atoms with Gasteiger partial charge in [0.15, 0.2) is 5.82 Å². The summed E-state index contributed by atoms with van der Waals surface area (Å²) in [5.41, 5.74) is 2.17. The molecule has 26 heavy (non-hydrogen) atoms. The van der Waals surface area contributed by atoms with Crippen LogP contribution in [0.3, 0.4) is 0 Å². The highest BCUT2D eigenvalue weighted by Crippen LogP contribution is 2.20. The number of carbonyl (C=O) groups is 1. The fraction of sp³-hybridized carbons (Fsp3) is 0.111. The van der Waals surface area contributed by atoms with Gasteiger partial charge in [0, 0.05) is 27.5 Å². The lowest BCUT2D eigenvalue weighted by Crippen LogP contribution is -2.19. The molecule has 0 aliphatic rings. The van der Waals surface area contributed by atoms with Gasteiger partial charge in [-0.25, -0.2) is 9.18 Å². The summed E-state index contributed by atoms with van der Waals surface area (Å²) in [6.07, 6.45) is 0. The molecular formula is C18H15Cl2FN4O. The van der Waals surface area contributed by atoms with Crippen LogP contribution in [0.5, 0.6) is 0 Å². The number of anilines is 2. The summed E-state index contributed by atoms with van der Waals surface area (Å²) in [4.78, 5) is 12.1. The number of amides is 2. The number of benzene rings is 2. The number of rotatable bonds is 4. The smallest absolute Gasteiger partial charge is 0.308 e. The molecule has 0 aliphatic heterocycles. The van der Waals surface area contributed by atoms with Gasteiger partial charge in [-0.15, -0.1) is 0 Å². The molecule has 8 heteroatoms. The minimum atomic E-state index is -0.420. The number of urea groups is 1. The van der Waals surface area contributed by atoms with Gasteiger partial charge in [-0.05, 0) is 48.9 Å². The molecule has 2 aromatic carbocycles. The highest BCUT2D eigenvalue weighted by atomic mass is 35.5. The highest BCUT2D eigenvalue weighted by molar-refractivity contribution is 6.31. The van der Waals surface area contributed by atoms with Crippen molar-refractivity contribution in [1.29, 1.82) is 0 Å². The van der Waals surface area contributed by atoms with E-state index in [2.05, 4.69) is 15.7 Å². The van der Waals surface area contributed by atoms with Crippen LogP contribution in [0, 0.1) is 12.7 Å². The molecule has 3 rings (SSSR count). The second kappa shape index (κ2) is 7.76. The Morgan fingerprint density at radius 3 is 2.54 bits per heavy atom. The fourth-order valence-corrected chi connectivity index (χ4v) is 2.71. The Balaban J connectivity index is 1.67. The normalized spacial score (nSPS) is 10.6. The van der Waals surface area contributed by atoms with Crippen LogP contribution in [-0.2, 0) is 6.54 Å². The lowest BCUT2D eigenvalue weighted by Gasteiger charge is -2.07. The van der Waals surface area contributed by atoms with Crippen LogP contribution >= 0.6 is 23.2 Å². The maximum Gasteiger partial charge on any atom is 0.324 e. The molecule has 0 aliphatic carbocycles. The van der Waals surface area contributed by atoms with Crippen molar-refractivity contribution < 1.29 is 9.18 Å². The van der Waals surface area contributed by atoms with Gasteiger partial charge >= 0.3 is 6.03 Å².